The number of primary amides is 1. The van der Waals surface area contributed by atoms with Crippen LogP contribution < -0.4 is 11.1 Å². The lowest BCUT2D eigenvalue weighted by Gasteiger charge is -2.21. The van der Waals surface area contributed by atoms with E-state index in [4.69, 9.17) is 5.73 Å². The quantitative estimate of drug-likeness (QED) is 0.408. The molecule has 3 aromatic heterocycles. The summed E-state index contributed by atoms with van der Waals surface area (Å²) < 4.78 is 40.4. The number of nitriles is 1. The maximum atomic E-state index is 12.9. The van der Waals surface area contributed by atoms with Gasteiger partial charge in [0.1, 0.15) is 5.41 Å². The standard InChI is InChI=1S/C23H24F3N9O3/c1-12-6-33(21(38)22(11-27)2-3-22)8-15(12)31-18-14(19(28)37)5-30-35-9-16(32-20(18)35)13-4-29-34(7-13)10-17(36)23(24,25)26/h4-5,7,9,12,15,17,31,36H,2-3,6,8,10H2,1H3,(H2,28,37)/t12-,15+,17-/m1/s1. The molecule has 0 bridgehead atoms. The predicted octanol–water partition coefficient (Wildman–Crippen LogP) is 1.18. The fraction of sp³-hybridized carbons (Fsp3) is 0.478. The van der Waals surface area contributed by atoms with E-state index in [1.54, 1.807) is 4.90 Å². The third kappa shape index (κ3) is 4.51. The first-order chi connectivity index (χ1) is 17.9. The summed E-state index contributed by atoms with van der Waals surface area (Å²) >= 11 is 0. The first-order valence-corrected chi connectivity index (χ1v) is 11.8. The molecule has 2 aliphatic rings. The number of aliphatic hydroxyl groups excluding tert-OH is 1. The van der Waals surface area contributed by atoms with E-state index in [9.17, 15) is 33.1 Å². The van der Waals surface area contributed by atoms with Crippen LogP contribution in [-0.4, -0.2) is 77.6 Å². The van der Waals surface area contributed by atoms with E-state index >= 15 is 0 Å². The Kier molecular flexibility index (Phi) is 6.02. The molecule has 200 valence electrons. The summed E-state index contributed by atoms with van der Waals surface area (Å²) in [5.41, 5.74) is 5.96. The zero-order valence-corrected chi connectivity index (χ0v) is 20.2. The molecule has 4 N–H and O–H groups in total. The molecule has 1 aliphatic heterocycles. The number of carbonyl (C=O) groups excluding carboxylic acids is 2. The van der Waals surface area contributed by atoms with Crippen LogP contribution in [0.4, 0.5) is 18.9 Å². The van der Waals surface area contributed by atoms with Crippen molar-refractivity contribution in [3.8, 4) is 17.3 Å². The van der Waals surface area contributed by atoms with Crippen molar-refractivity contribution in [3.63, 3.8) is 0 Å². The van der Waals surface area contributed by atoms with Crippen molar-refractivity contribution in [1.82, 2.24) is 29.3 Å². The molecular formula is C23H24F3N9O3. The predicted molar refractivity (Wildman–Crippen MR) is 125 cm³/mol. The van der Waals surface area contributed by atoms with Gasteiger partial charge in [-0.3, -0.25) is 14.3 Å². The van der Waals surface area contributed by atoms with E-state index in [0.29, 0.717) is 42.9 Å². The number of rotatable bonds is 7. The van der Waals surface area contributed by atoms with Gasteiger partial charge < -0.3 is 21.1 Å². The van der Waals surface area contributed by atoms with Gasteiger partial charge in [0.15, 0.2) is 11.8 Å². The summed E-state index contributed by atoms with van der Waals surface area (Å²) in [7, 11) is 0. The Morgan fingerprint density at radius 1 is 1.29 bits per heavy atom. The second kappa shape index (κ2) is 8.98. The number of nitrogens with one attached hydrogen (secondary N) is 1. The maximum absolute atomic E-state index is 12.9. The van der Waals surface area contributed by atoms with E-state index in [0.717, 1.165) is 4.68 Å². The summed E-state index contributed by atoms with van der Waals surface area (Å²) in [6.07, 6.45) is -0.850. The van der Waals surface area contributed by atoms with Crippen LogP contribution in [0.3, 0.4) is 0 Å². The molecule has 2 amide bonds. The minimum atomic E-state index is -4.78. The average Bonchev–Trinajstić information content (AvgIpc) is 3.14. The van der Waals surface area contributed by atoms with Crippen LogP contribution in [0.15, 0.2) is 24.8 Å². The first kappa shape index (κ1) is 25.5. The van der Waals surface area contributed by atoms with Gasteiger partial charge in [-0.25, -0.2) is 9.50 Å². The second-order valence-electron chi connectivity index (χ2n) is 9.83. The highest BCUT2D eigenvalue weighted by Crippen LogP contribution is 2.47. The molecule has 0 unspecified atom stereocenters. The topological polar surface area (TPSA) is 167 Å². The van der Waals surface area contributed by atoms with Crippen molar-refractivity contribution in [2.45, 2.75) is 44.6 Å². The molecule has 0 aromatic carbocycles. The molecule has 4 heterocycles. The number of halogens is 3. The molecular weight excluding hydrogens is 507 g/mol. The van der Waals surface area contributed by atoms with Crippen molar-refractivity contribution in [2.24, 2.45) is 17.1 Å². The minimum absolute atomic E-state index is 0.0184. The highest BCUT2D eigenvalue weighted by atomic mass is 19.4. The largest absolute Gasteiger partial charge is 0.416 e. The van der Waals surface area contributed by atoms with Gasteiger partial charge in [0.05, 0.1) is 48.1 Å². The number of fused-ring (bicyclic) bond motifs is 1. The number of hydrogen-bond acceptors (Lipinski definition) is 8. The lowest BCUT2D eigenvalue weighted by Crippen LogP contribution is -2.36. The molecule has 15 heteroatoms. The van der Waals surface area contributed by atoms with Gasteiger partial charge in [-0.1, -0.05) is 6.92 Å². The first-order valence-electron chi connectivity index (χ1n) is 11.8. The monoisotopic (exact) mass is 531 g/mol. The lowest BCUT2D eigenvalue weighted by molar-refractivity contribution is -0.208. The fourth-order valence-corrected chi connectivity index (χ4v) is 4.59. The number of aromatic nitrogens is 5. The van der Waals surface area contributed by atoms with E-state index in [2.05, 4.69) is 26.6 Å². The number of likely N-dealkylation sites (tertiary alicyclic amines) is 1. The molecule has 3 aromatic rings. The Bertz CT molecular complexity index is 1450. The Balaban J connectivity index is 1.42. The van der Waals surface area contributed by atoms with Crippen LogP contribution >= 0.6 is 0 Å². The molecule has 0 radical (unpaired) electrons. The van der Waals surface area contributed by atoms with Crippen LogP contribution in [0.2, 0.25) is 0 Å². The third-order valence-corrected chi connectivity index (χ3v) is 7.03. The zero-order valence-electron chi connectivity index (χ0n) is 20.2. The smallest absolute Gasteiger partial charge is 0.382 e. The fourth-order valence-electron chi connectivity index (χ4n) is 4.59. The van der Waals surface area contributed by atoms with Gasteiger partial charge in [-0.05, 0) is 18.8 Å². The minimum Gasteiger partial charge on any atom is -0.382 e. The molecule has 3 atom stereocenters. The Morgan fingerprint density at radius 2 is 2.03 bits per heavy atom. The maximum Gasteiger partial charge on any atom is 0.416 e. The van der Waals surface area contributed by atoms with E-state index in [1.165, 1.54) is 29.3 Å². The molecule has 2 fully saturated rings. The number of aliphatic hydroxyl groups is 1. The number of nitrogens with two attached hydrogens (primary N) is 1. The van der Waals surface area contributed by atoms with Crippen LogP contribution in [0.5, 0.6) is 0 Å². The van der Waals surface area contributed by atoms with Crippen LogP contribution in [0.25, 0.3) is 16.9 Å². The number of anilines is 1. The summed E-state index contributed by atoms with van der Waals surface area (Å²) in [6.45, 7) is 1.92. The number of imidazole rings is 1. The van der Waals surface area contributed by atoms with Crippen LogP contribution in [0.1, 0.15) is 30.1 Å². The highest BCUT2D eigenvalue weighted by Gasteiger charge is 2.54. The van der Waals surface area contributed by atoms with Crippen molar-refractivity contribution in [1.29, 1.82) is 5.26 Å². The SMILES string of the molecule is C[C@@H]1CN(C(=O)C2(C#N)CC2)C[C@@H]1Nc1c(C(N)=O)cnn2cc(-c3cnn(C[C@@H](O)C(F)(F)F)c3)nc12. The van der Waals surface area contributed by atoms with Gasteiger partial charge in [0, 0.05) is 30.9 Å². The van der Waals surface area contributed by atoms with Gasteiger partial charge in [-0.2, -0.15) is 28.6 Å². The number of hydrogen-bond donors (Lipinski definition) is 3. The molecule has 38 heavy (non-hydrogen) atoms. The van der Waals surface area contributed by atoms with Crippen molar-refractivity contribution < 1.29 is 27.9 Å². The Morgan fingerprint density at radius 3 is 2.66 bits per heavy atom. The van der Waals surface area contributed by atoms with Gasteiger partial charge in [0.25, 0.3) is 5.91 Å². The number of alkyl halides is 3. The van der Waals surface area contributed by atoms with Gasteiger partial charge in [-0.15, -0.1) is 0 Å². The summed E-state index contributed by atoms with van der Waals surface area (Å²) in [5, 5.41) is 30.1. The number of amides is 2. The third-order valence-electron chi connectivity index (χ3n) is 7.03. The van der Waals surface area contributed by atoms with E-state index in [1.807, 2.05) is 6.92 Å². The second-order valence-corrected chi connectivity index (χ2v) is 9.83. The lowest BCUT2D eigenvalue weighted by atomic mass is 10.1. The summed E-state index contributed by atoms with van der Waals surface area (Å²) in [6, 6.07) is 1.85. The number of nitrogens with zero attached hydrogens (tertiary/aromatic N) is 7. The molecule has 1 saturated heterocycles. The molecule has 0 spiro atoms. The van der Waals surface area contributed by atoms with Crippen LogP contribution in [0, 0.1) is 22.7 Å². The van der Waals surface area contributed by atoms with Crippen molar-refractivity contribution in [3.05, 3.63) is 30.4 Å². The number of carbonyl (C=O) groups is 2. The molecule has 5 rings (SSSR count). The van der Waals surface area contributed by atoms with E-state index in [-0.39, 0.29) is 29.1 Å². The van der Waals surface area contributed by atoms with Crippen molar-refractivity contribution in [2.75, 3.05) is 18.4 Å². The van der Waals surface area contributed by atoms with Gasteiger partial charge >= 0.3 is 6.18 Å². The average molecular weight is 531 g/mol. The molecule has 1 saturated carbocycles. The summed E-state index contributed by atoms with van der Waals surface area (Å²) in [5.74, 6) is -0.960. The highest BCUT2D eigenvalue weighted by molar-refractivity contribution is 6.01. The normalized spacial score (nSPS) is 21.3. The summed E-state index contributed by atoms with van der Waals surface area (Å²) in [4.78, 5) is 31.3. The molecule has 1 aliphatic carbocycles. The van der Waals surface area contributed by atoms with Gasteiger partial charge in [0.2, 0.25) is 5.91 Å². The Hall–Kier alpha value is -4.19. The van der Waals surface area contributed by atoms with Crippen molar-refractivity contribution >= 4 is 23.1 Å². The Labute approximate surface area is 213 Å². The molecule has 12 nitrogen and oxygen atoms in total. The zero-order chi connectivity index (χ0) is 27.4. The van der Waals surface area contributed by atoms with E-state index < -0.39 is 30.1 Å². The van der Waals surface area contributed by atoms with Crippen LogP contribution in [-0.2, 0) is 11.3 Å².